The van der Waals surface area contributed by atoms with Crippen LogP contribution in [0.4, 0.5) is 0 Å². The zero-order valence-electron chi connectivity index (χ0n) is 51.3. The number of carbonyl (C=O) groups excluding carboxylic acids is 1. The Morgan fingerprint density at radius 3 is 1.20 bits per heavy atom. The van der Waals surface area contributed by atoms with Crippen LogP contribution in [0.5, 0.6) is 0 Å². The van der Waals surface area contributed by atoms with E-state index in [9.17, 15) is 30.3 Å². The van der Waals surface area contributed by atoms with Crippen molar-refractivity contribution in [1.29, 1.82) is 0 Å². The highest BCUT2D eigenvalue weighted by molar-refractivity contribution is 5.76. The summed E-state index contributed by atoms with van der Waals surface area (Å²) in [7, 11) is 0. The lowest BCUT2D eigenvalue weighted by Gasteiger charge is -2.40. The van der Waals surface area contributed by atoms with E-state index in [2.05, 4.69) is 116 Å². The summed E-state index contributed by atoms with van der Waals surface area (Å²) >= 11 is 0. The minimum Gasteiger partial charge on any atom is -0.394 e. The van der Waals surface area contributed by atoms with Crippen molar-refractivity contribution >= 4 is 5.91 Å². The molecule has 460 valence electrons. The summed E-state index contributed by atoms with van der Waals surface area (Å²) in [5.41, 5.74) is 0. The molecule has 80 heavy (non-hydrogen) atoms. The van der Waals surface area contributed by atoms with Crippen LogP contribution in [0.1, 0.15) is 277 Å². The number of ether oxygens (including phenoxy) is 2. The molecule has 1 aliphatic heterocycles. The quantitative estimate of drug-likeness (QED) is 0.0261. The highest BCUT2D eigenvalue weighted by Gasteiger charge is 2.44. The zero-order valence-corrected chi connectivity index (χ0v) is 51.3. The van der Waals surface area contributed by atoms with Gasteiger partial charge in [-0.05, 0) is 96.3 Å². The fourth-order valence-corrected chi connectivity index (χ4v) is 9.90. The molecule has 1 rings (SSSR count). The average molecular weight is 1120 g/mol. The minimum absolute atomic E-state index is 0.195. The molecule has 1 heterocycles. The summed E-state index contributed by atoms with van der Waals surface area (Å²) in [6.45, 7) is 3.66. The normalized spacial score (nSPS) is 19.2. The SMILES string of the molecule is CC/C=C\C/C=C\C/C=C\C/C=C\C/C=C\C/C=C\CCCCCCCCCCCCCCC(=O)NC(COC1OC(CO)C(O)C(O)C1O)C(O)/C=C/CC/C=C/CC/C=C/CCCCCCCCCCCCCCCCCC. The van der Waals surface area contributed by atoms with E-state index in [-0.39, 0.29) is 12.5 Å². The Kier molecular flexibility index (Phi) is 55.2. The Hall–Kier alpha value is -3.15. The lowest BCUT2D eigenvalue weighted by atomic mass is 9.99. The molecule has 9 nitrogen and oxygen atoms in total. The molecular weight excluding hydrogens is 995 g/mol. The van der Waals surface area contributed by atoms with E-state index >= 15 is 0 Å². The second kappa shape index (κ2) is 59.0. The molecule has 0 aromatic carbocycles. The van der Waals surface area contributed by atoms with Crippen LogP contribution in [-0.2, 0) is 14.3 Å². The molecule has 1 fully saturated rings. The number of rotatable bonds is 56. The van der Waals surface area contributed by atoms with Crippen molar-refractivity contribution in [3.8, 4) is 0 Å². The summed E-state index contributed by atoms with van der Waals surface area (Å²) < 4.78 is 11.3. The second-order valence-corrected chi connectivity index (χ2v) is 22.5. The van der Waals surface area contributed by atoms with Gasteiger partial charge in [-0.15, -0.1) is 0 Å². The molecule has 7 atom stereocenters. The van der Waals surface area contributed by atoms with Gasteiger partial charge in [0.05, 0.1) is 25.4 Å². The van der Waals surface area contributed by atoms with Gasteiger partial charge in [-0.1, -0.05) is 284 Å². The Labute approximate surface area is 491 Å². The Morgan fingerprint density at radius 2 is 0.787 bits per heavy atom. The van der Waals surface area contributed by atoms with Crippen molar-refractivity contribution in [2.45, 2.75) is 320 Å². The van der Waals surface area contributed by atoms with E-state index in [4.69, 9.17) is 9.47 Å². The third-order valence-corrected chi connectivity index (χ3v) is 15.1. The highest BCUT2D eigenvalue weighted by Crippen LogP contribution is 2.23. The first kappa shape index (κ1) is 74.9. The molecule has 7 unspecified atom stereocenters. The number of aliphatic hydroxyl groups is 5. The van der Waals surface area contributed by atoms with Crippen molar-refractivity contribution < 1.29 is 39.8 Å². The summed E-state index contributed by atoms with van der Waals surface area (Å²) in [4.78, 5) is 13.1. The van der Waals surface area contributed by atoms with Crippen molar-refractivity contribution in [3.05, 3.63) is 109 Å². The van der Waals surface area contributed by atoms with Gasteiger partial charge >= 0.3 is 0 Å². The number of unbranched alkanes of at least 4 members (excludes halogenated alkanes) is 30. The first-order valence-corrected chi connectivity index (χ1v) is 33.1. The monoisotopic (exact) mass is 1120 g/mol. The summed E-state index contributed by atoms with van der Waals surface area (Å²) in [5, 5.41) is 54.7. The molecule has 9 heteroatoms. The summed E-state index contributed by atoms with van der Waals surface area (Å²) in [6.07, 6.45) is 80.3. The lowest BCUT2D eigenvalue weighted by Crippen LogP contribution is -2.60. The number of aliphatic hydroxyl groups excluding tert-OH is 5. The van der Waals surface area contributed by atoms with Gasteiger partial charge in [0, 0.05) is 6.42 Å². The van der Waals surface area contributed by atoms with Crippen molar-refractivity contribution in [3.63, 3.8) is 0 Å². The number of hydrogen-bond donors (Lipinski definition) is 6. The topological polar surface area (TPSA) is 149 Å². The van der Waals surface area contributed by atoms with E-state index < -0.39 is 49.5 Å². The van der Waals surface area contributed by atoms with Crippen LogP contribution in [0.25, 0.3) is 0 Å². The van der Waals surface area contributed by atoms with E-state index in [1.165, 1.54) is 173 Å². The molecule has 0 aromatic heterocycles. The van der Waals surface area contributed by atoms with E-state index in [0.717, 1.165) is 83.5 Å². The van der Waals surface area contributed by atoms with Gasteiger partial charge in [-0.3, -0.25) is 4.79 Å². The van der Waals surface area contributed by atoms with E-state index in [0.29, 0.717) is 6.42 Å². The summed E-state index contributed by atoms with van der Waals surface area (Å²) in [5.74, 6) is -0.195. The van der Waals surface area contributed by atoms with E-state index in [1.54, 1.807) is 6.08 Å². The van der Waals surface area contributed by atoms with Crippen LogP contribution < -0.4 is 5.32 Å². The van der Waals surface area contributed by atoms with Crippen LogP contribution in [0, 0.1) is 0 Å². The number of allylic oxidation sites excluding steroid dienone is 17. The van der Waals surface area contributed by atoms with Gasteiger partial charge in [0.15, 0.2) is 6.29 Å². The Morgan fingerprint density at radius 1 is 0.438 bits per heavy atom. The lowest BCUT2D eigenvalue weighted by molar-refractivity contribution is -0.302. The van der Waals surface area contributed by atoms with Crippen LogP contribution in [-0.4, -0.2) is 87.5 Å². The van der Waals surface area contributed by atoms with Crippen LogP contribution >= 0.6 is 0 Å². The van der Waals surface area contributed by atoms with Crippen LogP contribution in [0.15, 0.2) is 109 Å². The van der Waals surface area contributed by atoms with Gasteiger partial charge < -0.3 is 40.3 Å². The molecule has 0 aromatic rings. The Balaban J connectivity index is 2.21. The molecular formula is C71H123NO8. The first-order chi connectivity index (χ1) is 39.3. The molecule has 0 bridgehead atoms. The zero-order chi connectivity index (χ0) is 57.9. The fourth-order valence-electron chi connectivity index (χ4n) is 9.90. The number of hydrogen-bond acceptors (Lipinski definition) is 8. The predicted molar refractivity (Wildman–Crippen MR) is 341 cm³/mol. The molecule has 0 saturated carbocycles. The first-order valence-electron chi connectivity index (χ1n) is 33.1. The highest BCUT2D eigenvalue weighted by atomic mass is 16.7. The van der Waals surface area contributed by atoms with Crippen LogP contribution in [0.3, 0.4) is 0 Å². The van der Waals surface area contributed by atoms with Crippen molar-refractivity contribution in [1.82, 2.24) is 5.32 Å². The maximum Gasteiger partial charge on any atom is 0.220 e. The van der Waals surface area contributed by atoms with Crippen molar-refractivity contribution in [2.24, 2.45) is 0 Å². The molecule has 1 saturated heterocycles. The van der Waals surface area contributed by atoms with Gasteiger partial charge in [0.1, 0.15) is 24.4 Å². The van der Waals surface area contributed by atoms with Gasteiger partial charge in [-0.25, -0.2) is 0 Å². The van der Waals surface area contributed by atoms with Gasteiger partial charge in [-0.2, -0.15) is 0 Å². The van der Waals surface area contributed by atoms with Gasteiger partial charge in [0.25, 0.3) is 0 Å². The molecule has 1 aliphatic rings. The third-order valence-electron chi connectivity index (χ3n) is 15.1. The predicted octanol–water partition coefficient (Wildman–Crippen LogP) is 17.7. The molecule has 1 amide bonds. The molecule has 6 N–H and O–H groups in total. The smallest absolute Gasteiger partial charge is 0.220 e. The van der Waals surface area contributed by atoms with Crippen LogP contribution in [0.2, 0.25) is 0 Å². The van der Waals surface area contributed by atoms with E-state index in [1.807, 2.05) is 6.08 Å². The van der Waals surface area contributed by atoms with Crippen molar-refractivity contribution in [2.75, 3.05) is 13.2 Å². The number of nitrogens with one attached hydrogen (secondary N) is 1. The largest absolute Gasteiger partial charge is 0.394 e. The number of carbonyl (C=O) groups is 1. The summed E-state index contributed by atoms with van der Waals surface area (Å²) in [6, 6.07) is -0.838. The fraction of sp³-hybridized carbons (Fsp3) is 0.732. The second-order valence-electron chi connectivity index (χ2n) is 22.5. The molecule has 0 aliphatic carbocycles. The standard InChI is InChI=1S/C71H123NO8/c1-3-5-7-9-11-13-15-17-19-21-23-25-27-29-31-32-33-34-35-37-39-41-43-45-47-49-51-53-55-57-59-61-67(75)72-64(63-79-71-70(78)69(77)68(76)66(62-73)80-71)65(74)60-58-56-54-52-50-48-46-44-42-40-38-36-30-28-26-24-22-20-18-16-14-12-10-8-6-4-2/h5,7,11,13,17,19,23,25,29,31,33-34,42,44,50,52,58,60,64-66,68-71,73-74,76-78H,3-4,6,8-10,12,14-16,18,20-22,24,26-28,30,32,35-41,43,45-49,51,53-57,59,61-63H2,1-2H3,(H,72,75)/b7-5-,13-11-,19-17-,25-23-,31-29-,34-33-,44-42+,52-50+,60-58+. The maximum absolute atomic E-state index is 13.1. The van der Waals surface area contributed by atoms with Gasteiger partial charge in [0.2, 0.25) is 5.91 Å². The third kappa shape index (κ3) is 47.4. The Bertz CT molecular complexity index is 1630. The average Bonchev–Trinajstić information content (AvgIpc) is 3.46. The molecule has 0 radical (unpaired) electrons. The molecule has 0 spiro atoms. The maximum atomic E-state index is 13.1. The number of amides is 1. The minimum atomic E-state index is -1.58.